The van der Waals surface area contributed by atoms with Gasteiger partial charge in [-0.3, -0.25) is 4.79 Å². The highest BCUT2D eigenvalue weighted by molar-refractivity contribution is 9.11. The number of nitrogens with zero attached hydrogens (tertiary/aromatic N) is 1. The van der Waals surface area contributed by atoms with Crippen molar-refractivity contribution >= 4 is 38.9 Å². The van der Waals surface area contributed by atoms with Crippen LogP contribution in [-0.4, -0.2) is 24.4 Å². The third kappa shape index (κ3) is 4.66. The molecule has 0 atom stereocenters. The Kier molecular flexibility index (Phi) is 5.51. The van der Waals surface area contributed by atoms with Crippen LogP contribution in [0.2, 0.25) is 0 Å². The molecule has 1 aliphatic carbocycles. The number of nitrogens with one attached hydrogen (secondary N) is 1. The van der Waals surface area contributed by atoms with E-state index in [4.69, 9.17) is 0 Å². The van der Waals surface area contributed by atoms with Crippen LogP contribution in [0.25, 0.3) is 0 Å². The Morgan fingerprint density at radius 2 is 2.09 bits per heavy atom. The van der Waals surface area contributed by atoms with Gasteiger partial charge in [0.1, 0.15) is 0 Å². The minimum atomic E-state index is 0.0853. The first-order valence-electron chi connectivity index (χ1n) is 7.94. The predicted octanol–water partition coefficient (Wildman–Crippen LogP) is 4.46. The van der Waals surface area contributed by atoms with Crippen molar-refractivity contribution in [2.75, 3.05) is 18.9 Å². The zero-order chi connectivity index (χ0) is 16.2. The summed E-state index contributed by atoms with van der Waals surface area (Å²) >= 11 is 5.22. The van der Waals surface area contributed by atoms with Gasteiger partial charge in [-0.15, -0.1) is 11.3 Å². The molecule has 0 saturated heterocycles. The largest absolute Gasteiger partial charge is 0.326 e. The summed E-state index contributed by atoms with van der Waals surface area (Å²) in [5.41, 5.74) is 3.76. The molecule has 1 heterocycles. The summed E-state index contributed by atoms with van der Waals surface area (Å²) in [6, 6.07) is 10.5. The summed E-state index contributed by atoms with van der Waals surface area (Å²) in [4.78, 5) is 15.6. The van der Waals surface area contributed by atoms with Gasteiger partial charge in [0.2, 0.25) is 5.91 Å². The van der Waals surface area contributed by atoms with Crippen molar-refractivity contribution in [3.05, 3.63) is 50.1 Å². The number of halogens is 1. The fourth-order valence-electron chi connectivity index (χ4n) is 2.95. The zero-order valence-corrected chi connectivity index (χ0v) is 15.7. The van der Waals surface area contributed by atoms with Crippen LogP contribution in [0.1, 0.15) is 28.8 Å². The summed E-state index contributed by atoms with van der Waals surface area (Å²) in [5, 5.41) is 3.02. The fraction of sp³-hybridized carbons (Fsp3) is 0.389. The molecule has 0 radical (unpaired) electrons. The second-order valence-corrected chi connectivity index (χ2v) is 8.63. The molecule has 2 aromatic rings. The molecule has 1 aromatic heterocycles. The van der Waals surface area contributed by atoms with E-state index >= 15 is 0 Å². The van der Waals surface area contributed by atoms with E-state index in [0.717, 1.165) is 29.0 Å². The second kappa shape index (κ2) is 7.60. The normalized spacial score (nSPS) is 13.3. The van der Waals surface area contributed by atoms with Gasteiger partial charge in [0, 0.05) is 30.1 Å². The van der Waals surface area contributed by atoms with Gasteiger partial charge in [0.05, 0.1) is 3.79 Å². The van der Waals surface area contributed by atoms with Crippen LogP contribution < -0.4 is 5.32 Å². The van der Waals surface area contributed by atoms with E-state index in [1.807, 2.05) is 6.07 Å². The van der Waals surface area contributed by atoms with Crippen molar-refractivity contribution in [2.24, 2.45) is 0 Å². The van der Waals surface area contributed by atoms with Crippen LogP contribution in [0.15, 0.2) is 34.1 Å². The van der Waals surface area contributed by atoms with Crippen LogP contribution >= 0.6 is 27.3 Å². The Bertz CT molecular complexity index is 698. The van der Waals surface area contributed by atoms with Gasteiger partial charge in [-0.1, -0.05) is 6.07 Å². The highest BCUT2D eigenvalue weighted by Crippen LogP contribution is 2.25. The number of fused-ring (bicyclic) bond motifs is 1. The standard InChI is InChI=1S/C18H21BrN2OS/c1-21(12-16-7-8-17(19)23-16)10-9-18(22)20-15-6-5-13-3-2-4-14(13)11-15/h5-8,11H,2-4,9-10,12H2,1H3,(H,20,22). The van der Waals surface area contributed by atoms with Gasteiger partial charge in [-0.05, 0) is 77.6 Å². The highest BCUT2D eigenvalue weighted by Gasteiger charge is 2.12. The summed E-state index contributed by atoms with van der Waals surface area (Å²) < 4.78 is 1.15. The molecule has 1 aliphatic rings. The maximum atomic E-state index is 12.1. The zero-order valence-electron chi connectivity index (χ0n) is 13.3. The minimum absolute atomic E-state index is 0.0853. The summed E-state index contributed by atoms with van der Waals surface area (Å²) in [6.45, 7) is 1.63. The maximum Gasteiger partial charge on any atom is 0.225 e. The first kappa shape index (κ1) is 16.7. The smallest absolute Gasteiger partial charge is 0.225 e. The third-order valence-corrected chi connectivity index (χ3v) is 5.77. The fourth-order valence-corrected chi connectivity index (χ4v) is 4.51. The number of carbonyl (C=O) groups is 1. The molecule has 23 heavy (non-hydrogen) atoms. The molecule has 0 aliphatic heterocycles. The van der Waals surface area contributed by atoms with Crippen molar-refractivity contribution in [1.29, 1.82) is 0 Å². The molecule has 1 amide bonds. The Hall–Kier alpha value is -1.17. The van der Waals surface area contributed by atoms with E-state index in [9.17, 15) is 4.79 Å². The van der Waals surface area contributed by atoms with E-state index in [0.29, 0.717) is 6.42 Å². The molecular weight excluding hydrogens is 372 g/mol. The van der Waals surface area contributed by atoms with Crippen LogP contribution in [0, 0.1) is 0 Å². The number of carbonyl (C=O) groups excluding carboxylic acids is 1. The van der Waals surface area contributed by atoms with E-state index in [2.05, 4.69) is 57.5 Å². The number of rotatable bonds is 6. The van der Waals surface area contributed by atoms with Crippen LogP contribution in [0.3, 0.4) is 0 Å². The SMILES string of the molecule is CN(CCC(=O)Nc1ccc2c(c1)CCC2)Cc1ccc(Br)s1. The van der Waals surface area contributed by atoms with Crippen molar-refractivity contribution in [3.8, 4) is 0 Å². The molecule has 5 heteroatoms. The molecular formula is C18H21BrN2OS. The maximum absolute atomic E-state index is 12.1. The van der Waals surface area contributed by atoms with Gasteiger partial charge < -0.3 is 10.2 Å². The summed E-state index contributed by atoms with van der Waals surface area (Å²) in [6.07, 6.45) is 4.06. The topological polar surface area (TPSA) is 32.3 Å². The van der Waals surface area contributed by atoms with Crippen molar-refractivity contribution in [1.82, 2.24) is 4.90 Å². The Morgan fingerprint density at radius 1 is 1.26 bits per heavy atom. The number of anilines is 1. The highest BCUT2D eigenvalue weighted by atomic mass is 79.9. The van der Waals surface area contributed by atoms with E-state index in [-0.39, 0.29) is 5.91 Å². The van der Waals surface area contributed by atoms with Crippen LogP contribution in [-0.2, 0) is 24.2 Å². The number of aryl methyl sites for hydroxylation is 2. The van der Waals surface area contributed by atoms with Crippen molar-refractivity contribution < 1.29 is 4.79 Å². The Balaban J connectivity index is 1.46. The molecule has 3 rings (SSSR count). The summed E-state index contributed by atoms with van der Waals surface area (Å²) in [7, 11) is 2.05. The molecule has 0 spiro atoms. The average Bonchev–Trinajstić information content (AvgIpc) is 3.13. The van der Waals surface area contributed by atoms with E-state index in [1.165, 1.54) is 28.8 Å². The van der Waals surface area contributed by atoms with Gasteiger partial charge in [0.15, 0.2) is 0 Å². The third-order valence-electron chi connectivity index (χ3n) is 4.16. The quantitative estimate of drug-likeness (QED) is 0.786. The van der Waals surface area contributed by atoms with E-state index in [1.54, 1.807) is 11.3 Å². The lowest BCUT2D eigenvalue weighted by Gasteiger charge is -2.15. The number of hydrogen-bond donors (Lipinski definition) is 1. The number of thiophene rings is 1. The molecule has 0 saturated carbocycles. The Morgan fingerprint density at radius 3 is 2.87 bits per heavy atom. The molecule has 0 bridgehead atoms. The predicted molar refractivity (Wildman–Crippen MR) is 100 cm³/mol. The molecule has 122 valence electrons. The lowest BCUT2D eigenvalue weighted by Crippen LogP contribution is -2.23. The Labute approximate surface area is 149 Å². The monoisotopic (exact) mass is 392 g/mol. The second-order valence-electron chi connectivity index (χ2n) is 6.08. The van der Waals surface area contributed by atoms with Crippen LogP contribution in [0.5, 0.6) is 0 Å². The molecule has 0 unspecified atom stereocenters. The lowest BCUT2D eigenvalue weighted by molar-refractivity contribution is -0.116. The first-order chi connectivity index (χ1) is 11.1. The molecule has 0 fully saturated rings. The van der Waals surface area contributed by atoms with E-state index < -0.39 is 0 Å². The lowest BCUT2D eigenvalue weighted by atomic mass is 10.1. The minimum Gasteiger partial charge on any atom is -0.326 e. The van der Waals surface area contributed by atoms with Crippen molar-refractivity contribution in [2.45, 2.75) is 32.2 Å². The van der Waals surface area contributed by atoms with Gasteiger partial charge in [-0.2, -0.15) is 0 Å². The number of hydrogen-bond acceptors (Lipinski definition) is 3. The first-order valence-corrected chi connectivity index (χ1v) is 9.55. The summed E-state index contributed by atoms with van der Waals surface area (Å²) in [5.74, 6) is 0.0853. The van der Waals surface area contributed by atoms with Gasteiger partial charge >= 0.3 is 0 Å². The van der Waals surface area contributed by atoms with Gasteiger partial charge in [-0.25, -0.2) is 0 Å². The number of benzene rings is 1. The van der Waals surface area contributed by atoms with Gasteiger partial charge in [0.25, 0.3) is 0 Å². The van der Waals surface area contributed by atoms with Crippen LogP contribution in [0.4, 0.5) is 5.69 Å². The number of amides is 1. The average molecular weight is 393 g/mol. The molecule has 3 nitrogen and oxygen atoms in total. The van der Waals surface area contributed by atoms with Crippen molar-refractivity contribution in [3.63, 3.8) is 0 Å². The molecule has 1 aromatic carbocycles. The molecule has 1 N–H and O–H groups in total.